The summed E-state index contributed by atoms with van der Waals surface area (Å²) in [7, 11) is 0. The largest absolute Gasteiger partial charge is 0.314 e. The van der Waals surface area contributed by atoms with Crippen LogP contribution in [0.3, 0.4) is 0 Å². The molecule has 0 spiro atoms. The van der Waals surface area contributed by atoms with Crippen LogP contribution in [-0.2, 0) is 6.42 Å². The van der Waals surface area contributed by atoms with Crippen LogP contribution in [0, 0.1) is 0 Å². The van der Waals surface area contributed by atoms with Gasteiger partial charge in [-0.3, -0.25) is 4.98 Å². The van der Waals surface area contributed by atoms with Gasteiger partial charge in [-0.05, 0) is 37.1 Å². The number of piperidine rings is 1. The highest BCUT2D eigenvalue weighted by atomic mass is 19.1. The van der Waals surface area contributed by atoms with Crippen molar-refractivity contribution in [2.75, 3.05) is 13.1 Å². The van der Waals surface area contributed by atoms with Crippen molar-refractivity contribution in [3.63, 3.8) is 0 Å². The highest BCUT2D eigenvalue weighted by Crippen LogP contribution is 2.28. The lowest BCUT2D eigenvalue weighted by Crippen LogP contribution is -2.43. The molecule has 1 atom stereocenters. The number of alkyl halides is 1. The quantitative estimate of drug-likeness (QED) is 0.878. The Balaban J connectivity index is 1.94. The maximum absolute atomic E-state index is 14.7. The minimum atomic E-state index is -1.11. The van der Waals surface area contributed by atoms with Gasteiger partial charge in [0.15, 0.2) is 0 Å². The maximum Gasteiger partial charge on any atom is 0.127 e. The number of nitrogens with one attached hydrogen (secondary N) is 1. The van der Waals surface area contributed by atoms with Crippen molar-refractivity contribution < 1.29 is 4.39 Å². The van der Waals surface area contributed by atoms with Crippen LogP contribution in [0.5, 0.6) is 0 Å². The molecule has 0 radical (unpaired) electrons. The first-order valence-corrected chi connectivity index (χ1v) is 6.49. The zero-order chi connectivity index (χ0) is 12.4. The second-order valence-electron chi connectivity index (χ2n) is 5.10. The molecule has 1 aliphatic heterocycles. The number of nitrogens with zero attached hydrogens (tertiary/aromatic N) is 1. The fourth-order valence-electron chi connectivity index (χ4n) is 2.73. The Morgan fingerprint density at radius 2 is 2.17 bits per heavy atom. The highest BCUT2D eigenvalue weighted by molar-refractivity contribution is 5.81. The molecular formula is C15H17FN2. The summed E-state index contributed by atoms with van der Waals surface area (Å²) >= 11 is 0. The molecule has 2 aromatic rings. The molecular weight excluding hydrogens is 227 g/mol. The topological polar surface area (TPSA) is 24.9 Å². The molecule has 2 nitrogen and oxygen atoms in total. The molecule has 1 saturated heterocycles. The molecule has 18 heavy (non-hydrogen) atoms. The highest BCUT2D eigenvalue weighted by Gasteiger charge is 2.32. The minimum Gasteiger partial charge on any atom is -0.314 e. The standard InChI is InChI=1S/C15H17FN2/c16-15(7-3-8-17-11-15)10-12-6-9-18-14-5-2-1-4-13(12)14/h1-2,4-6,9,17H,3,7-8,10-11H2. The molecule has 1 aliphatic rings. The lowest BCUT2D eigenvalue weighted by Gasteiger charge is -2.30. The lowest BCUT2D eigenvalue weighted by atomic mass is 9.88. The molecule has 1 N–H and O–H groups in total. The molecule has 2 heterocycles. The number of hydrogen-bond donors (Lipinski definition) is 1. The Morgan fingerprint density at radius 3 is 3.00 bits per heavy atom. The van der Waals surface area contributed by atoms with Crippen LogP contribution in [0.4, 0.5) is 4.39 Å². The number of fused-ring (bicyclic) bond motifs is 1. The van der Waals surface area contributed by atoms with Crippen LogP contribution in [0.2, 0.25) is 0 Å². The van der Waals surface area contributed by atoms with Gasteiger partial charge in [0.2, 0.25) is 0 Å². The average Bonchev–Trinajstić information content (AvgIpc) is 2.40. The van der Waals surface area contributed by atoms with Gasteiger partial charge in [0.25, 0.3) is 0 Å². The normalized spacial score (nSPS) is 24.3. The number of pyridine rings is 1. The van der Waals surface area contributed by atoms with E-state index in [1.54, 1.807) is 6.20 Å². The summed E-state index contributed by atoms with van der Waals surface area (Å²) in [6.45, 7) is 1.40. The second kappa shape index (κ2) is 4.65. The van der Waals surface area contributed by atoms with Gasteiger partial charge in [-0.2, -0.15) is 0 Å². The zero-order valence-corrected chi connectivity index (χ0v) is 10.3. The molecule has 0 amide bonds. The predicted molar refractivity (Wildman–Crippen MR) is 71.4 cm³/mol. The summed E-state index contributed by atoms with van der Waals surface area (Å²) in [6, 6.07) is 9.89. The summed E-state index contributed by atoms with van der Waals surface area (Å²) in [5.41, 5.74) is 0.900. The van der Waals surface area contributed by atoms with Crippen molar-refractivity contribution in [2.24, 2.45) is 0 Å². The van der Waals surface area contributed by atoms with Crippen LogP contribution in [-0.4, -0.2) is 23.7 Å². The van der Waals surface area contributed by atoms with Crippen molar-refractivity contribution in [1.82, 2.24) is 10.3 Å². The molecule has 94 valence electrons. The molecule has 3 heteroatoms. The Kier molecular flexibility index (Phi) is 3.00. The Bertz CT molecular complexity index is 542. The fraction of sp³-hybridized carbons (Fsp3) is 0.400. The average molecular weight is 244 g/mol. The van der Waals surface area contributed by atoms with Gasteiger partial charge >= 0.3 is 0 Å². The minimum absolute atomic E-state index is 0.462. The van der Waals surface area contributed by atoms with Gasteiger partial charge in [-0.1, -0.05) is 18.2 Å². The van der Waals surface area contributed by atoms with Crippen LogP contribution in [0.25, 0.3) is 10.9 Å². The van der Waals surface area contributed by atoms with E-state index in [2.05, 4.69) is 10.3 Å². The van der Waals surface area contributed by atoms with Crippen molar-refractivity contribution in [3.05, 3.63) is 42.1 Å². The predicted octanol–water partition coefficient (Wildman–Crippen LogP) is 2.87. The summed E-state index contributed by atoms with van der Waals surface area (Å²) in [6.07, 6.45) is 3.82. The molecule has 0 saturated carbocycles. The van der Waals surface area contributed by atoms with Crippen molar-refractivity contribution in [3.8, 4) is 0 Å². The maximum atomic E-state index is 14.7. The van der Waals surface area contributed by atoms with E-state index >= 15 is 0 Å². The first kappa shape index (κ1) is 11.6. The third kappa shape index (κ3) is 2.23. The zero-order valence-electron chi connectivity index (χ0n) is 10.3. The van der Waals surface area contributed by atoms with Gasteiger partial charge in [0.1, 0.15) is 5.67 Å². The Morgan fingerprint density at radius 1 is 1.28 bits per heavy atom. The van der Waals surface area contributed by atoms with Crippen LogP contribution >= 0.6 is 0 Å². The summed E-state index contributed by atoms with van der Waals surface area (Å²) < 4.78 is 14.7. The molecule has 1 aromatic heterocycles. The molecule has 1 fully saturated rings. The van der Waals surface area contributed by atoms with Gasteiger partial charge in [-0.25, -0.2) is 4.39 Å². The van der Waals surface area contributed by atoms with E-state index in [0.717, 1.165) is 29.4 Å². The Labute approximate surface area is 106 Å². The summed E-state index contributed by atoms with van der Waals surface area (Å²) in [5, 5.41) is 4.22. The first-order valence-electron chi connectivity index (χ1n) is 6.49. The van der Waals surface area contributed by atoms with Crippen molar-refractivity contribution >= 4 is 10.9 Å². The molecule has 0 bridgehead atoms. The van der Waals surface area contributed by atoms with Crippen molar-refractivity contribution in [1.29, 1.82) is 0 Å². The second-order valence-corrected chi connectivity index (χ2v) is 5.10. The van der Waals surface area contributed by atoms with Crippen LogP contribution < -0.4 is 5.32 Å². The number of halogens is 1. The molecule has 3 rings (SSSR count). The van der Waals surface area contributed by atoms with Gasteiger partial charge in [0.05, 0.1) is 5.52 Å². The number of rotatable bonds is 2. The van der Waals surface area contributed by atoms with E-state index in [0.29, 0.717) is 19.4 Å². The van der Waals surface area contributed by atoms with Crippen LogP contribution in [0.15, 0.2) is 36.5 Å². The third-order valence-corrected chi connectivity index (χ3v) is 3.67. The third-order valence-electron chi connectivity index (χ3n) is 3.67. The van der Waals surface area contributed by atoms with Crippen LogP contribution in [0.1, 0.15) is 18.4 Å². The van der Waals surface area contributed by atoms with E-state index in [-0.39, 0.29) is 0 Å². The van der Waals surface area contributed by atoms with E-state index in [1.807, 2.05) is 30.3 Å². The van der Waals surface area contributed by atoms with E-state index in [4.69, 9.17) is 0 Å². The molecule has 0 aliphatic carbocycles. The molecule has 1 aromatic carbocycles. The van der Waals surface area contributed by atoms with Crippen molar-refractivity contribution in [2.45, 2.75) is 24.9 Å². The Hall–Kier alpha value is -1.48. The number of hydrogen-bond acceptors (Lipinski definition) is 2. The monoisotopic (exact) mass is 244 g/mol. The van der Waals surface area contributed by atoms with E-state index in [9.17, 15) is 4.39 Å². The van der Waals surface area contributed by atoms with E-state index in [1.165, 1.54) is 0 Å². The number of benzene rings is 1. The first-order chi connectivity index (χ1) is 8.77. The smallest absolute Gasteiger partial charge is 0.127 e. The summed E-state index contributed by atoms with van der Waals surface area (Å²) in [5.74, 6) is 0. The number of aromatic nitrogens is 1. The lowest BCUT2D eigenvalue weighted by molar-refractivity contribution is 0.123. The molecule has 1 unspecified atom stereocenters. The fourth-order valence-corrected chi connectivity index (χ4v) is 2.73. The summed E-state index contributed by atoms with van der Waals surface area (Å²) in [4.78, 5) is 4.32. The van der Waals surface area contributed by atoms with Gasteiger partial charge in [0, 0.05) is 24.5 Å². The van der Waals surface area contributed by atoms with E-state index < -0.39 is 5.67 Å². The SMILES string of the molecule is FC1(Cc2ccnc3ccccc23)CCCNC1. The van der Waals surface area contributed by atoms with Gasteiger partial charge < -0.3 is 5.32 Å². The van der Waals surface area contributed by atoms with Gasteiger partial charge in [-0.15, -0.1) is 0 Å². The number of para-hydroxylation sites is 1.